The van der Waals surface area contributed by atoms with Crippen molar-refractivity contribution in [3.05, 3.63) is 24.1 Å². The van der Waals surface area contributed by atoms with Crippen LogP contribution in [0.5, 0.6) is 0 Å². The Morgan fingerprint density at radius 2 is 2.17 bits per heavy atom. The Kier molecular flexibility index (Phi) is 4.12. The summed E-state index contributed by atoms with van der Waals surface area (Å²) in [5, 5.41) is 2.83. The average molecular weight is 251 g/mol. The molecule has 0 radical (unpaired) electrons. The zero-order chi connectivity index (χ0) is 13.0. The number of nitrogens with zero attached hydrogens (tertiary/aromatic N) is 2. The molecule has 1 N–H and O–H groups in total. The van der Waals surface area contributed by atoms with Crippen LogP contribution in [0.4, 0.5) is 10.2 Å². The lowest BCUT2D eigenvalue weighted by Crippen LogP contribution is -2.44. The molecule has 0 spiro atoms. The second kappa shape index (κ2) is 5.80. The van der Waals surface area contributed by atoms with Crippen LogP contribution in [0.2, 0.25) is 0 Å². The average Bonchev–Trinajstić information content (AvgIpc) is 2.41. The topological polar surface area (TPSA) is 45.2 Å². The molecule has 4 nitrogen and oxygen atoms in total. The number of hydrogen-bond donors (Lipinski definition) is 1. The fraction of sp³-hybridized carbons (Fsp3) is 0.538. The predicted octanol–water partition coefficient (Wildman–Crippen LogP) is 2.03. The lowest BCUT2D eigenvalue weighted by Gasteiger charge is -2.29. The van der Waals surface area contributed by atoms with Crippen molar-refractivity contribution in [1.82, 2.24) is 9.88 Å². The first kappa shape index (κ1) is 12.8. The molecule has 1 unspecified atom stereocenters. The van der Waals surface area contributed by atoms with Gasteiger partial charge in [-0.05, 0) is 38.3 Å². The third kappa shape index (κ3) is 2.97. The monoisotopic (exact) mass is 251 g/mol. The molecule has 0 aromatic carbocycles. The molecule has 1 aromatic rings. The van der Waals surface area contributed by atoms with E-state index < -0.39 is 11.9 Å². The summed E-state index contributed by atoms with van der Waals surface area (Å²) in [5.74, 6) is -0.286. The summed E-state index contributed by atoms with van der Waals surface area (Å²) < 4.78 is 13.4. The van der Waals surface area contributed by atoms with E-state index in [2.05, 4.69) is 10.3 Å². The van der Waals surface area contributed by atoms with Gasteiger partial charge in [-0.15, -0.1) is 0 Å². The van der Waals surface area contributed by atoms with Crippen LogP contribution < -0.4 is 5.32 Å². The number of amides is 1. The summed E-state index contributed by atoms with van der Waals surface area (Å²) in [6.07, 6.45) is 4.79. The second-order valence-corrected chi connectivity index (χ2v) is 4.59. The number of carbonyl (C=O) groups excluding carboxylic acids is 1. The molecule has 1 fully saturated rings. The molecule has 5 heteroatoms. The molecule has 1 aliphatic rings. The summed E-state index contributed by atoms with van der Waals surface area (Å²) >= 11 is 0. The number of piperidine rings is 1. The van der Waals surface area contributed by atoms with Crippen LogP contribution in [0.15, 0.2) is 18.3 Å². The molecule has 0 aliphatic carbocycles. The number of rotatable bonds is 3. The van der Waals surface area contributed by atoms with Gasteiger partial charge in [-0.2, -0.15) is 0 Å². The summed E-state index contributed by atoms with van der Waals surface area (Å²) in [7, 11) is 0. The maximum absolute atomic E-state index is 13.4. The highest BCUT2D eigenvalue weighted by molar-refractivity contribution is 5.84. The summed E-state index contributed by atoms with van der Waals surface area (Å²) in [6.45, 7) is 3.34. The van der Waals surface area contributed by atoms with E-state index in [0.717, 1.165) is 25.9 Å². The largest absolute Gasteiger partial charge is 0.356 e. The molecule has 98 valence electrons. The Balaban J connectivity index is 1.96. The minimum atomic E-state index is -0.451. The third-order valence-corrected chi connectivity index (χ3v) is 3.15. The highest BCUT2D eigenvalue weighted by Gasteiger charge is 2.22. The van der Waals surface area contributed by atoms with Gasteiger partial charge in [0, 0.05) is 19.3 Å². The van der Waals surface area contributed by atoms with Gasteiger partial charge >= 0.3 is 0 Å². The normalized spacial score (nSPS) is 17.3. The Bertz CT molecular complexity index is 418. The van der Waals surface area contributed by atoms with Crippen LogP contribution in [0.25, 0.3) is 0 Å². The van der Waals surface area contributed by atoms with Crippen molar-refractivity contribution >= 4 is 11.7 Å². The van der Waals surface area contributed by atoms with E-state index in [1.54, 1.807) is 6.92 Å². The number of nitrogens with one attached hydrogen (secondary N) is 1. The van der Waals surface area contributed by atoms with Crippen LogP contribution in [-0.2, 0) is 4.79 Å². The molecule has 0 bridgehead atoms. The Morgan fingerprint density at radius 3 is 2.83 bits per heavy atom. The van der Waals surface area contributed by atoms with E-state index in [1.165, 1.54) is 24.8 Å². The third-order valence-electron chi connectivity index (χ3n) is 3.15. The first-order valence-electron chi connectivity index (χ1n) is 6.34. The van der Waals surface area contributed by atoms with Crippen molar-refractivity contribution in [2.24, 2.45) is 0 Å². The van der Waals surface area contributed by atoms with Crippen molar-refractivity contribution < 1.29 is 9.18 Å². The molecule has 1 saturated heterocycles. The van der Waals surface area contributed by atoms with Crippen LogP contribution >= 0.6 is 0 Å². The van der Waals surface area contributed by atoms with Gasteiger partial charge in [0.1, 0.15) is 6.04 Å². The summed E-state index contributed by atoms with van der Waals surface area (Å²) in [4.78, 5) is 17.9. The van der Waals surface area contributed by atoms with E-state index >= 15 is 0 Å². The summed E-state index contributed by atoms with van der Waals surface area (Å²) in [5.41, 5.74) is 0. The quantitative estimate of drug-likeness (QED) is 0.894. The van der Waals surface area contributed by atoms with Gasteiger partial charge in [0.05, 0.1) is 0 Å². The molecular weight excluding hydrogens is 233 g/mol. The molecule has 2 rings (SSSR count). The molecule has 1 amide bonds. The number of carbonyl (C=O) groups is 1. The van der Waals surface area contributed by atoms with Gasteiger partial charge in [0.2, 0.25) is 5.91 Å². The first-order valence-corrected chi connectivity index (χ1v) is 6.34. The molecule has 0 saturated carbocycles. The van der Waals surface area contributed by atoms with Crippen LogP contribution in [0, 0.1) is 5.82 Å². The minimum Gasteiger partial charge on any atom is -0.356 e. The van der Waals surface area contributed by atoms with Crippen LogP contribution in [-0.4, -0.2) is 34.9 Å². The zero-order valence-corrected chi connectivity index (χ0v) is 10.5. The minimum absolute atomic E-state index is 0.0137. The van der Waals surface area contributed by atoms with Gasteiger partial charge in [-0.25, -0.2) is 9.37 Å². The molecule has 1 aromatic heterocycles. The Morgan fingerprint density at radius 1 is 1.44 bits per heavy atom. The lowest BCUT2D eigenvalue weighted by molar-refractivity contribution is -0.132. The maximum atomic E-state index is 13.4. The lowest BCUT2D eigenvalue weighted by atomic mass is 10.1. The number of hydrogen-bond acceptors (Lipinski definition) is 3. The van der Waals surface area contributed by atoms with Gasteiger partial charge in [-0.3, -0.25) is 4.79 Å². The number of aromatic nitrogens is 1. The number of anilines is 1. The van der Waals surface area contributed by atoms with Crippen molar-refractivity contribution in [1.29, 1.82) is 0 Å². The fourth-order valence-electron chi connectivity index (χ4n) is 2.15. The van der Waals surface area contributed by atoms with Gasteiger partial charge in [-0.1, -0.05) is 0 Å². The van der Waals surface area contributed by atoms with Crippen molar-refractivity contribution in [2.75, 3.05) is 18.4 Å². The highest BCUT2D eigenvalue weighted by Crippen LogP contribution is 2.13. The SMILES string of the molecule is CC(Nc1ncccc1F)C(=O)N1CCCCC1. The van der Waals surface area contributed by atoms with Crippen LogP contribution in [0.1, 0.15) is 26.2 Å². The smallest absolute Gasteiger partial charge is 0.244 e. The predicted molar refractivity (Wildman–Crippen MR) is 67.7 cm³/mol. The van der Waals surface area contributed by atoms with Gasteiger partial charge < -0.3 is 10.2 Å². The number of halogens is 1. The van der Waals surface area contributed by atoms with E-state index in [9.17, 15) is 9.18 Å². The summed E-state index contributed by atoms with van der Waals surface area (Å²) in [6, 6.07) is 2.40. The van der Waals surface area contributed by atoms with Crippen molar-refractivity contribution in [3.8, 4) is 0 Å². The van der Waals surface area contributed by atoms with Crippen molar-refractivity contribution in [3.63, 3.8) is 0 Å². The molecular formula is C13H18FN3O. The Hall–Kier alpha value is -1.65. The maximum Gasteiger partial charge on any atom is 0.244 e. The highest BCUT2D eigenvalue weighted by atomic mass is 19.1. The zero-order valence-electron chi connectivity index (χ0n) is 10.5. The fourth-order valence-corrected chi connectivity index (χ4v) is 2.15. The Labute approximate surface area is 106 Å². The molecule has 1 aliphatic heterocycles. The number of pyridine rings is 1. The van der Waals surface area contributed by atoms with E-state index in [1.807, 2.05) is 4.90 Å². The van der Waals surface area contributed by atoms with E-state index in [-0.39, 0.29) is 11.7 Å². The van der Waals surface area contributed by atoms with E-state index in [0.29, 0.717) is 0 Å². The second-order valence-electron chi connectivity index (χ2n) is 4.59. The first-order chi connectivity index (χ1) is 8.68. The molecule has 1 atom stereocenters. The molecule has 18 heavy (non-hydrogen) atoms. The number of likely N-dealkylation sites (tertiary alicyclic amines) is 1. The standard InChI is InChI=1S/C13H18FN3O/c1-10(13(18)17-8-3-2-4-9-17)16-12-11(14)6-5-7-15-12/h5-7,10H,2-4,8-9H2,1H3,(H,15,16). The van der Waals surface area contributed by atoms with Gasteiger partial charge in [0.25, 0.3) is 0 Å². The van der Waals surface area contributed by atoms with Crippen LogP contribution in [0.3, 0.4) is 0 Å². The van der Waals surface area contributed by atoms with E-state index in [4.69, 9.17) is 0 Å². The molecule has 2 heterocycles. The van der Waals surface area contributed by atoms with Crippen molar-refractivity contribution in [2.45, 2.75) is 32.2 Å². The van der Waals surface area contributed by atoms with Gasteiger partial charge in [0.15, 0.2) is 11.6 Å².